The molecule has 0 atom stereocenters. The van der Waals surface area contributed by atoms with Gasteiger partial charge in [-0.3, -0.25) is 0 Å². The van der Waals surface area contributed by atoms with Crippen LogP contribution in [0.2, 0.25) is 0 Å². The molecule has 0 aliphatic heterocycles. The molecule has 0 radical (unpaired) electrons. The molecule has 2 nitrogen and oxygen atoms in total. The summed E-state index contributed by atoms with van der Waals surface area (Å²) in [6.45, 7) is 4.07. The Hall–Kier alpha value is -1.31. The van der Waals surface area contributed by atoms with Gasteiger partial charge in [0.2, 0.25) is 0 Å². The van der Waals surface area contributed by atoms with Crippen LogP contribution in [0.15, 0.2) is 29.4 Å². The van der Waals surface area contributed by atoms with Crippen molar-refractivity contribution >= 4 is 5.71 Å². The molecule has 0 unspecified atom stereocenters. The summed E-state index contributed by atoms with van der Waals surface area (Å²) in [6.07, 6.45) is 0.862. The van der Waals surface area contributed by atoms with Crippen LogP contribution in [0.1, 0.15) is 18.1 Å². The first-order chi connectivity index (χ1) is 6.24. The summed E-state index contributed by atoms with van der Waals surface area (Å²) in [4.78, 5) is 4.70. The molecule has 0 saturated heterocycles. The average molecular weight is 177 g/mol. The summed E-state index contributed by atoms with van der Waals surface area (Å²) in [5.41, 5.74) is 3.60. The first kappa shape index (κ1) is 9.78. The smallest absolute Gasteiger partial charge is 0.106 e. The molecule has 70 valence electrons. The maximum atomic E-state index is 4.70. The summed E-state index contributed by atoms with van der Waals surface area (Å²) in [7, 11) is 1.57. The maximum absolute atomic E-state index is 4.70. The van der Waals surface area contributed by atoms with Crippen molar-refractivity contribution in [1.82, 2.24) is 0 Å². The van der Waals surface area contributed by atoms with E-state index in [4.69, 9.17) is 4.84 Å². The topological polar surface area (TPSA) is 21.6 Å². The van der Waals surface area contributed by atoms with Crippen LogP contribution in [-0.2, 0) is 11.3 Å². The zero-order valence-electron chi connectivity index (χ0n) is 8.37. The van der Waals surface area contributed by atoms with Gasteiger partial charge in [0.25, 0.3) is 0 Å². The van der Waals surface area contributed by atoms with Gasteiger partial charge in [-0.2, -0.15) is 0 Å². The van der Waals surface area contributed by atoms with Crippen LogP contribution in [0.25, 0.3) is 0 Å². The second-order valence-corrected chi connectivity index (χ2v) is 3.11. The highest BCUT2D eigenvalue weighted by molar-refractivity contribution is 5.83. The van der Waals surface area contributed by atoms with Crippen molar-refractivity contribution in [2.75, 3.05) is 7.11 Å². The quantitative estimate of drug-likeness (QED) is 0.513. The molecule has 0 aliphatic carbocycles. The van der Waals surface area contributed by atoms with E-state index in [-0.39, 0.29) is 0 Å². The standard InChI is InChI=1S/C11H15NO/c1-9-6-4-5-7-11(9)8-10(2)12-13-3/h4-7H,8H2,1-3H3/b12-10-. The third-order valence-corrected chi connectivity index (χ3v) is 1.95. The fourth-order valence-electron chi connectivity index (χ4n) is 1.27. The van der Waals surface area contributed by atoms with Crippen LogP contribution in [-0.4, -0.2) is 12.8 Å². The Morgan fingerprint density at radius 1 is 1.38 bits per heavy atom. The molecule has 1 aromatic rings. The number of nitrogens with zero attached hydrogens (tertiary/aromatic N) is 1. The average Bonchev–Trinajstić information content (AvgIpc) is 2.09. The molecule has 0 saturated carbocycles. The van der Waals surface area contributed by atoms with Gasteiger partial charge in [-0.15, -0.1) is 0 Å². The Balaban J connectivity index is 2.74. The summed E-state index contributed by atoms with van der Waals surface area (Å²) < 4.78 is 0. The molecule has 13 heavy (non-hydrogen) atoms. The van der Waals surface area contributed by atoms with Crippen LogP contribution in [0.4, 0.5) is 0 Å². The zero-order chi connectivity index (χ0) is 9.68. The van der Waals surface area contributed by atoms with Crippen LogP contribution in [0.5, 0.6) is 0 Å². The molecule has 0 heterocycles. The van der Waals surface area contributed by atoms with E-state index in [0.717, 1.165) is 12.1 Å². The number of aryl methyl sites for hydroxylation is 1. The third-order valence-electron chi connectivity index (χ3n) is 1.95. The van der Waals surface area contributed by atoms with E-state index in [9.17, 15) is 0 Å². The first-order valence-corrected chi connectivity index (χ1v) is 4.35. The van der Waals surface area contributed by atoms with Crippen molar-refractivity contribution in [3.63, 3.8) is 0 Å². The molecule has 0 spiro atoms. The fraction of sp³-hybridized carbons (Fsp3) is 0.364. The lowest BCUT2D eigenvalue weighted by atomic mass is 10.0. The Morgan fingerprint density at radius 3 is 2.69 bits per heavy atom. The Bertz CT molecular complexity index is 305. The molecule has 0 fully saturated rings. The van der Waals surface area contributed by atoms with E-state index in [1.54, 1.807) is 7.11 Å². The SMILES string of the molecule is CO/N=C(/C)Cc1ccccc1C. The van der Waals surface area contributed by atoms with Crippen molar-refractivity contribution in [3.8, 4) is 0 Å². The number of benzene rings is 1. The summed E-state index contributed by atoms with van der Waals surface area (Å²) >= 11 is 0. The summed E-state index contributed by atoms with van der Waals surface area (Å²) in [5.74, 6) is 0. The predicted molar refractivity (Wildman–Crippen MR) is 55.0 cm³/mol. The van der Waals surface area contributed by atoms with Crippen molar-refractivity contribution in [2.45, 2.75) is 20.3 Å². The third kappa shape index (κ3) is 2.90. The molecule has 0 aromatic heterocycles. The van der Waals surface area contributed by atoms with Crippen LogP contribution in [0.3, 0.4) is 0 Å². The molecule has 1 aromatic carbocycles. The first-order valence-electron chi connectivity index (χ1n) is 4.35. The van der Waals surface area contributed by atoms with E-state index in [2.05, 4.69) is 24.2 Å². The van der Waals surface area contributed by atoms with Gasteiger partial charge in [-0.25, -0.2) is 0 Å². The second-order valence-electron chi connectivity index (χ2n) is 3.11. The molecule has 0 N–H and O–H groups in total. The van der Waals surface area contributed by atoms with Crippen LogP contribution in [0, 0.1) is 6.92 Å². The van der Waals surface area contributed by atoms with Gasteiger partial charge < -0.3 is 4.84 Å². The molecule has 1 rings (SSSR count). The van der Waals surface area contributed by atoms with Crippen molar-refractivity contribution < 1.29 is 4.84 Å². The van der Waals surface area contributed by atoms with E-state index < -0.39 is 0 Å². The normalized spacial score (nSPS) is 11.5. The van der Waals surface area contributed by atoms with Gasteiger partial charge in [-0.1, -0.05) is 29.4 Å². The number of hydrogen-bond donors (Lipinski definition) is 0. The van der Waals surface area contributed by atoms with Gasteiger partial charge in [0.1, 0.15) is 7.11 Å². The zero-order valence-corrected chi connectivity index (χ0v) is 8.37. The Morgan fingerprint density at radius 2 is 2.08 bits per heavy atom. The Labute approximate surface area is 79.2 Å². The number of oxime groups is 1. The second kappa shape index (κ2) is 4.65. The van der Waals surface area contributed by atoms with Gasteiger partial charge in [0.15, 0.2) is 0 Å². The van der Waals surface area contributed by atoms with Gasteiger partial charge in [0.05, 0.1) is 5.71 Å². The maximum Gasteiger partial charge on any atom is 0.106 e. The van der Waals surface area contributed by atoms with Crippen molar-refractivity contribution in [3.05, 3.63) is 35.4 Å². The van der Waals surface area contributed by atoms with E-state index in [1.165, 1.54) is 11.1 Å². The molecule has 0 aliphatic rings. The monoisotopic (exact) mass is 177 g/mol. The molecular weight excluding hydrogens is 162 g/mol. The lowest BCUT2D eigenvalue weighted by molar-refractivity contribution is 0.212. The van der Waals surface area contributed by atoms with Gasteiger partial charge in [0, 0.05) is 6.42 Å². The highest BCUT2D eigenvalue weighted by Gasteiger charge is 1.98. The number of rotatable bonds is 3. The highest BCUT2D eigenvalue weighted by atomic mass is 16.6. The largest absolute Gasteiger partial charge is 0.399 e. The number of hydrogen-bond acceptors (Lipinski definition) is 2. The van der Waals surface area contributed by atoms with Crippen LogP contribution >= 0.6 is 0 Å². The highest BCUT2D eigenvalue weighted by Crippen LogP contribution is 2.08. The van der Waals surface area contributed by atoms with Gasteiger partial charge >= 0.3 is 0 Å². The van der Waals surface area contributed by atoms with Crippen LogP contribution < -0.4 is 0 Å². The van der Waals surface area contributed by atoms with E-state index in [1.807, 2.05) is 19.1 Å². The fourth-order valence-corrected chi connectivity index (χ4v) is 1.27. The minimum absolute atomic E-state index is 0.862. The minimum atomic E-state index is 0.862. The molecule has 0 amide bonds. The van der Waals surface area contributed by atoms with E-state index in [0.29, 0.717) is 0 Å². The predicted octanol–water partition coefficient (Wildman–Crippen LogP) is 2.56. The minimum Gasteiger partial charge on any atom is -0.399 e. The lowest BCUT2D eigenvalue weighted by Crippen LogP contribution is -1.99. The lowest BCUT2D eigenvalue weighted by Gasteiger charge is -2.03. The van der Waals surface area contributed by atoms with Gasteiger partial charge in [-0.05, 0) is 25.0 Å². The molecule has 2 heteroatoms. The van der Waals surface area contributed by atoms with E-state index >= 15 is 0 Å². The van der Waals surface area contributed by atoms with Crippen molar-refractivity contribution in [2.24, 2.45) is 5.16 Å². The summed E-state index contributed by atoms with van der Waals surface area (Å²) in [5, 5.41) is 3.88. The van der Waals surface area contributed by atoms with Crippen molar-refractivity contribution in [1.29, 1.82) is 0 Å². The Kier molecular flexibility index (Phi) is 3.50. The summed E-state index contributed by atoms with van der Waals surface area (Å²) in [6, 6.07) is 8.31. The molecular formula is C11H15NO. The molecule has 0 bridgehead atoms.